The Morgan fingerprint density at radius 2 is 2.22 bits per heavy atom. The first-order valence-electron chi connectivity index (χ1n) is 5.50. The fraction of sp³-hybridized carbons (Fsp3) is 0.455. The molecule has 2 rings (SSSR count). The van der Waals surface area contributed by atoms with Crippen molar-refractivity contribution >= 4 is 17.8 Å². The molecular weight excluding hydrogens is 238 g/mol. The van der Waals surface area contributed by atoms with E-state index in [0.717, 1.165) is 12.8 Å². The molecule has 0 saturated heterocycles. The molecule has 0 amide bonds. The Balaban J connectivity index is 2.24. The van der Waals surface area contributed by atoms with E-state index >= 15 is 0 Å². The van der Waals surface area contributed by atoms with Crippen molar-refractivity contribution in [1.29, 1.82) is 0 Å². The third kappa shape index (κ3) is 2.73. The maximum absolute atomic E-state index is 11.3. The van der Waals surface area contributed by atoms with Gasteiger partial charge in [-0.05, 0) is 12.8 Å². The highest BCUT2D eigenvalue weighted by Crippen LogP contribution is 2.30. The van der Waals surface area contributed by atoms with Gasteiger partial charge in [0.1, 0.15) is 12.4 Å². The van der Waals surface area contributed by atoms with Gasteiger partial charge in [-0.3, -0.25) is 9.78 Å². The monoisotopic (exact) mass is 251 g/mol. The summed E-state index contributed by atoms with van der Waals surface area (Å²) in [5, 5.41) is 8.87. The minimum absolute atomic E-state index is 0.0750. The molecule has 0 unspecified atom stereocenters. The van der Waals surface area contributed by atoms with Gasteiger partial charge in [0.2, 0.25) is 0 Å². The van der Waals surface area contributed by atoms with Crippen LogP contribution in [-0.2, 0) is 9.53 Å². The highest BCUT2D eigenvalue weighted by molar-refractivity contribution is 5.87. The summed E-state index contributed by atoms with van der Waals surface area (Å²) in [6.45, 7) is -0.149. The Hall–Kier alpha value is -2.18. The number of carboxylic acids is 1. The van der Waals surface area contributed by atoms with Gasteiger partial charge in [-0.1, -0.05) is 0 Å². The maximum Gasteiger partial charge on any atom is 0.358 e. The summed E-state index contributed by atoms with van der Waals surface area (Å²) in [4.78, 5) is 31.8. The molecule has 7 heteroatoms. The molecule has 0 aromatic carbocycles. The van der Waals surface area contributed by atoms with Crippen molar-refractivity contribution in [2.75, 3.05) is 18.6 Å². The highest BCUT2D eigenvalue weighted by atomic mass is 16.5. The summed E-state index contributed by atoms with van der Waals surface area (Å²) in [5.41, 5.74) is 0.0750. The van der Waals surface area contributed by atoms with E-state index in [9.17, 15) is 9.59 Å². The molecule has 1 aliphatic carbocycles. The second-order valence-electron chi connectivity index (χ2n) is 4.01. The molecule has 1 N–H and O–H groups in total. The zero-order chi connectivity index (χ0) is 13.1. The summed E-state index contributed by atoms with van der Waals surface area (Å²) in [7, 11) is 1.26. The number of carboxylic acid groups (broad SMARTS) is 1. The second kappa shape index (κ2) is 4.99. The van der Waals surface area contributed by atoms with Gasteiger partial charge in [0.25, 0.3) is 0 Å². The third-order valence-corrected chi connectivity index (χ3v) is 2.60. The lowest BCUT2D eigenvalue weighted by molar-refractivity contribution is -0.135. The molecular formula is C11H13N3O4. The number of rotatable bonds is 5. The van der Waals surface area contributed by atoms with Crippen molar-refractivity contribution in [3.05, 3.63) is 18.1 Å². The second-order valence-corrected chi connectivity index (χ2v) is 4.01. The van der Waals surface area contributed by atoms with Gasteiger partial charge in [0, 0.05) is 6.04 Å². The van der Waals surface area contributed by atoms with Crippen LogP contribution >= 0.6 is 0 Å². The number of carbonyl (C=O) groups is 2. The Labute approximate surface area is 103 Å². The fourth-order valence-corrected chi connectivity index (χ4v) is 1.63. The molecule has 0 radical (unpaired) electrons. The minimum atomic E-state index is -0.938. The molecule has 18 heavy (non-hydrogen) atoms. The Morgan fingerprint density at radius 1 is 1.50 bits per heavy atom. The standard InChI is InChI=1S/C11H13N3O4/c1-18-11(17)8-4-12-5-9(13-8)14(6-10(15)16)7-2-3-7/h4-5,7H,2-3,6H2,1H3,(H,15,16). The Morgan fingerprint density at radius 3 is 2.78 bits per heavy atom. The predicted octanol–water partition coefficient (Wildman–Crippen LogP) is 0.317. The van der Waals surface area contributed by atoms with Crippen LogP contribution in [0.25, 0.3) is 0 Å². The van der Waals surface area contributed by atoms with Gasteiger partial charge >= 0.3 is 11.9 Å². The van der Waals surface area contributed by atoms with Crippen LogP contribution in [0, 0.1) is 0 Å². The van der Waals surface area contributed by atoms with Crippen LogP contribution in [0.4, 0.5) is 5.82 Å². The first-order valence-corrected chi connectivity index (χ1v) is 5.50. The van der Waals surface area contributed by atoms with E-state index in [4.69, 9.17) is 5.11 Å². The SMILES string of the molecule is COC(=O)c1cncc(N(CC(=O)O)C2CC2)n1. The molecule has 1 saturated carbocycles. The molecule has 1 heterocycles. The van der Waals surface area contributed by atoms with E-state index in [0.29, 0.717) is 5.82 Å². The van der Waals surface area contributed by atoms with Crippen LogP contribution in [-0.4, -0.2) is 46.7 Å². The van der Waals surface area contributed by atoms with E-state index in [-0.39, 0.29) is 18.3 Å². The number of carbonyl (C=O) groups excluding carboxylic acids is 1. The molecule has 0 spiro atoms. The number of nitrogens with zero attached hydrogens (tertiary/aromatic N) is 3. The van der Waals surface area contributed by atoms with Crippen molar-refractivity contribution in [3.8, 4) is 0 Å². The fourth-order valence-electron chi connectivity index (χ4n) is 1.63. The van der Waals surface area contributed by atoms with Crippen LogP contribution in [0.3, 0.4) is 0 Å². The van der Waals surface area contributed by atoms with Crippen molar-refractivity contribution in [2.45, 2.75) is 18.9 Å². The van der Waals surface area contributed by atoms with E-state index in [1.54, 1.807) is 4.90 Å². The van der Waals surface area contributed by atoms with Crippen molar-refractivity contribution in [2.24, 2.45) is 0 Å². The average Bonchev–Trinajstić information content (AvgIpc) is 3.19. The quantitative estimate of drug-likeness (QED) is 0.753. The highest BCUT2D eigenvalue weighted by Gasteiger charge is 2.31. The van der Waals surface area contributed by atoms with Crippen LogP contribution in [0.2, 0.25) is 0 Å². The lowest BCUT2D eigenvalue weighted by atomic mass is 10.4. The number of anilines is 1. The predicted molar refractivity (Wildman–Crippen MR) is 61.4 cm³/mol. The number of hydrogen-bond donors (Lipinski definition) is 1. The summed E-state index contributed by atoms with van der Waals surface area (Å²) in [6.07, 6.45) is 4.60. The zero-order valence-electron chi connectivity index (χ0n) is 9.87. The lowest BCUT2D eigenvalue weighted by Crippen LogP contribution is -2.32. The summed E-state index contributed by atoms with van der Waals surface area (Å²) in [6, 6.07) is 0.170. The van der Waals surface area contributed by atoms with Crippen LogP contribution in [0.15, 0.2) is 12.4 Å². The van der Waals surface area contributed by atoms with E-state index in [2.05, 4.69) is 14.7 Å². The van der Waals surface area contributed by atoms with Gasteiger partial charge in [-0.2, -0.15) is 0 Å². The van der Waals surface area contributed by atoms with Crippen LogP contribution in [0.5, 0.6) is 0 Å². The number of methoxy groups -OCH3 is 1. The summed E-state index contributed by atoms with van der Waals surface area (Å²) >= 11 is 0. The third-order valence-electron chi connectivity index (χ3n) is 2.60. The van der Waals surface area contributed by atoms with Crippen molar-refractivity contribution in [1.82, 2.24) is 9.97 Å². The molecule has 0 aliphatic heterocycles. The maximum atomic E-state index is 11.3. The van der Waals surface area contributed by atoms with E-state index in [1.165, 1.54) is 19.5 Å². The van der Waals surface area contributed by atoms with Gasteiger partial charge in [0.05, 0.1) is 19.5 Å². The van der Waals surface area contributed by atoms with Gasteiger partial charge in [-0.25, -0.2) is 9.78 Å². The molecule has 96 valence electrons. The Kier molecular flexibility index (Phi) is 3.40. The smallest absolute Gasteiger partial charge is 0.358 e. The minimum Gasteiger partial charge on any atom is -0.480 e. The lowest BCUT2D eigenvalue weighted by Gasteiger charge is -2.20. The number of esters is 1. The molecule has 7 nitrogen and oxygen atoms in total. The molecule has 1 aromatic rings. The summed E-state index contributed by atoms with van der Waals surface area (Å²) < 4.78 is 4.55. The van der Waals surface area contributed by atoms with Gasteiger partial charge in [-0.15, -0.1) is 0 Å². The number of hydrogen-bond acceptors (Lipinski definition) is 6. The summed E-state index contributed by atoms with van der Waals surface area (Å²) in [5.74, 6) is -1.13. The first kappa shape index (κ1) is 12.3. The average molecular weight is 251 g/mol. The Bertz CT molecular complexity index is 473. The molecule has 1 aromatic heterocycles. The first-order chi connectivity index (χ1) is 8.61. The van der Waals surface area contributed by atoms with Crippen molar-refractivity contribution in [3.63, 3.8) is 0 Å². The largest absolute Gasteiger partial charge is 0.480 e. The van der Waals surface area contributed by atoms with E-state index < -0.39 is 11.9 Å². The molecule has 0 bridgehead atoms. The number of aromatic nitrogens is 2. The van der Waals surface area contributed by atoms with Crippen LogP contribution in [0.1, 0.15) is 23.3 Å². The van der Waals surface area contributed by atoms with Gasteiger partial charge in [0.15, 0.2) is 5.69 Å². The molecule has 0 atom stereocenters. The molecule has 1 fully saturated rings. The topological polar surface area (TPSA) is 92.6 Å². The number of aliphatic carboxylic acids is 1. The van der Waals surface area contributed by atoms with E-state index in [1.807, 2.05) is 0 Å². The number of ether oxygens (including phenoxy) is 1. The molecule has 1 aliphatic rings. The van der Waals surface area contributed by atoms with Crippen molar-refractivity contribution < 1.29 is 19.4 Å². The zero-order valence-corrected chi connectivity index (χ0v) is 9.87. The van der Waals surface area contributed by atoms with Gasteiger partial charge < -0.3 is 14.7 Å². The normalized spacial score (nSPS) is 14.1. The van der Waals surface area contributed by atoms with Crippen LogP contribution < -0.4 is 4.90 Å².